The summed E-state index contributed by atoms with van der Waals surface area (Å²) in [6, 6.07) is 8.52. The number of para-hydroxylation sites is 1. The van der Waals surface area contributed by atoms with Crippen molar-refractivity contribution >= 4 is 0 Å². The molecule has 1 unspecified atom stereocenters. The maximum absolute atomic E-state index is 10.7. The van der Waals surface area contributed by atoms with E-state index >= 15 is 0 Å². The lowest BCUT2D eigenvalue weighted by molar-refractivity contribution is -0.0225. The van der Waals surface area contributed by atoms with Gasteiger partial charge in [-0.2, -0.15) is 0 Å². The van der Waals surface area contributed by atoms with Crippen LogP contribution in [0.3, 0.4) is 0 Å². The lowest BCUT2D eigenvalue weighted by Gasteiger charge is -2.38. The van der Waals surface area contributed by atoms with Gasteiger partial charge in [-0.1, -0.05) is 18.2 Å². The Bertz CT molecular complexity index is 444. The van der Waals surface area contributed by atoms with Crippen LogP contribution in [0, 0.1) is 0 Å². The lowest BCUT2D eigenvalue weighted by Crippen LogP contribution is -2.50. The minimum Gasteiger partial charge on any atom is -0.496 e. The van der Waals surface area contributed by atoms with Crippen molar-refractivity contribution in [1.29, 1.82) is 0 Å². The van der Waals surface area contributed by atoms with Crippen LogP contribution in [-0.4, -0.2) is 55.4 Å². The second-order valence-corrected chi connectivity index (χ2v) is 6.25. The van der Waals surface area contributed by atoms with Gasteiger partial charge in [-0.15, -0.1) is 0 Å². The van der Waals surface area contributed by atoms with Crippen LogP contribution in [0.1, 0.15) is 25.3 Å². The summed E-state index contributed by atoms with van der Waals surface area (Å²) >= 11 is 0. The van der Waals surface area contributed by atoms with Crippen LogP contribution in [-0.2, 0) is 6.42 Å². The molecule has 1 saturated heterocycles. The number of nitrogens with one attached hydrogen (secondary N) is 1. The van der Waals surface area contributed by atoms with Gasteiger partial charge in [0.2, 0.25) is 0 Å². The highest BCUT2D eigenvalue weighted by atomic mass is 16.5. The van der Waals surface area contributed by atoms with Crippen molar-refractivity contribution in [2.45, 2.75) is 37.8 Å². The van der Waals surface area contributed by atoms with Gasteiger partial charge in [-0.25, -0.2) is 0 Å². The Hall–Kier alpha value is -1.10. The number of benzene rings is 1. The minimum atomic E-state index is -0.547. The Morgan fingerprint density at radius 1 is 1.33 bits per heavy atom. The highest BCUT2D eigenvalue weighted by molar-refractivity contribution is 5.33. The fraction of sp³-hybridized carbons (Fsp3) is 0.647. The van der Waals surface area contributed by atoms with Gasteiger partial charge in [0.25, 0.3) is 0 Å². The molecule has 118 valence electrons. The van der Waals surface area contributed by atoms with Gasteiger partial charge < -0.3 is 20.1 Å². The zero-order valence-electron chi connectivity index (χ0n) is 13.4. The van der Waals surface area contributed by atoms with Gasteiger partial charge in [-0.05, 0) is 58.0 Å². The van der Waals surface area contributed by atoms with Crippen LogP contribution in [0.25, 0.3) is 0 Å². The Morgan fingerprint density at radius 3 is 2.67 bits per heavy atom. The van der Waals surface area contributed by atoms with E-state index in [0.29, 0.717) is 6.04 Å². The molecule has 4 nitrogen and oxygen atoms in total. The summed E-state index contributed by atoms with van der Waals surface area (Å²) in [5.41, 5.74) is 0.673. The number of likely N-dealkylation sites (N-methyl/N-ethyl adjacent to an activating group) is 1. The molecular weight excluding hydrogens is 264 g/mol. The van der Waals surface area contributed by atoms with E-state index in [9.17, 15) is 5.11 Å². The maximum atomic E-state index is 10.7. The van der Waals surface area contributed by atoms with Gasteiger partial charge in [0.1, 0.15) is 5.75 Å². The topological polar surface area (TPSA) is 44.7 Å². The zero-order chi connectivity index (χ0) is 15.3. The SMILES string of the molecule is COc1ccccc1CC(C)N(C)CC1(O)CCNCC1. The molecule has 2 rings (SSSR count). The summed E-state index contributed by atoms with van der Waals surface area (Å²) in [6.45, 7) is 4.75. The van der Waals surface area contributed by atoms with Crippen LogP contribution in [0.5, 0.6) is 5.75 Å². The van der Waals surface area contributed by atoms with Crippen LogP contribution < -0.4 is 10.1 Å². The van der Waals surface area contributed by atoms with Crippen molar-refractivity contribution in [3.05, 3.63) is 29.8 Å². The Balaban J connectivity index is 1.94. The van der Waals surface area contributed by atoms with E-state index in [1.54, 1.807) is 7.11 Å². The molecule has 1 fully saturated rings. The molecule has 4 heteroatoms. The van der Waals surface area contributed by atoms with Gasteiger partial charge in [-0.3, -0.25) is 0 Å². The van der Waals surface area contributed by atoms with E-state index in [4.69, 9.17) is 4.74 Å². The number of hydrogen-bond donors (Lipinski definition) is 2. The summed E-state index contributed by atoms with van der Waals surface area (Å²) in [5.74, 6) is 0.943. The van der Waals surface area contributed by atoms with Crippen LogP contribution in [0.2, 0.25) is 0 Å². The molecule has 21 heavy (non-hydrogen) atoms. The second kappa shape index (κ2) is 7.25. The maximum Gasteiger partial charge on any atom is 0.122 e. The standard InChI is InChI=1S/C17H28N2O2/c1-14(12-15-6-4-5-7-16(15)21-3)19(2)13-17(20)8-10-18-11-9-17/h4-7,14,18,20H,8-13H2,1-3H3. The van der Waals surface area contributed by atoms with E-state index in [-0.39, 0.29) is 0 Å². The quantitative estimate of drug-likeness (QED) is 0.837. The number of piperidine rings is 1. The van der Waals surface area contributed by atoms with Gasteiger partial charge in [0, 0.05) is 12.6 Å². The smallest absolute Gasteiger partial charge is 0.122 e. The second-order valence-electron chi connectivity index (χ2n) is 6.25. The first-order valence-corrected chi connectivity index (χ1v) is 7.79. The summed E-state index contributed by atoms with van der Waals surface area (Å²) < 4.78 is 5.42. The average Bonchev–Trinajstić information content (AvgIpc) is 2.48. The Kier molecular flexibility index (Phi) is 5.62. The van der Waals surface area contributed by atoms with Crippen LogP contribution in [0.4, 0.5) is 0 Å². The summed E-state index contributed by atoms with van der Waals surface area (Å²) in [7, 11) is 3.81. The molecule has 0 aromatic heterocycles. The molecule has 0 saturated carbocycles. The molecule has 0 bridgehead atoms. The molecule has 0 amide bonds. The normalized spacial score (nSPS) is 19.5. The Morgan fingerprint density at radius 2 is 2.00 bits per heavy atom. The van der Waals surface area contributed by atoms with Crippen molar-refractivity contribution in [2.24, 2.45) is 0 Å². The summed E-state index contributed by atoms with van der Waals surface area (Å²) in [4.78, 5) is 2.26. The minimum absolute atomic E-state index is 0.361. The predicted molar refractivity (Wildman–Crippen MR) is 85.8 cm³/mol. The van der Waals surface area contributed by atoms with Gasteiger partial charge in [0.05, 0.1) is 12.7 Å². The molecule has 1 atom stereocenters. The highest BCUT2D eigenvalue weighted by Crippen LogP contribution is 2.23. The van der Waals surface area contributed by atoms with E-state index in [0.717, 1.165) is 44.6 Å². The molecule has 1 aliphatic heterocycles. The largest absolute Gasteiger partial charge is 0.496 e. The van der Waals surface area contributed by atoms with E-state index in [2.05, 4.69) is 30.3 Å². The number of methoxy groups -OCH3 is 1. The van der Waals surface area contributed by atoms with Gasteiger partial charge in [0.15, 0.2) is 0 Å². The predicted octanol–water partition coefficient (Wildman–Crippen LogP) is 1.67. The van der Waals surface area contributed by atoms with Crippen LogP contribution >= 0.6 is 0 Å². The highest BCUT2D eigenvalue weighted by Gasteiger charge is 2.31. The van der Waals surface area contributed by atoms with Crippen molar-refractivity contribution in [3.63, 3.8) is 0 Å². The zero-order valence-corrected chi connectivity index (χ0v) is 13.4. The first-order valence-electron chi connectivity index (χ1n) is 7.79. The number of aliphatic hydroxyl groups is 1. The number of rotatable bonds is 6. The van der Waals surface area contributed by atoms with Crippen molar-refractivity contribution in [1.82, 2.24) is 10.2 Å². The van der Waals surface area contributed by atoms with Gasteiger partial charge >= 0.3 is 0 Å². The Labute approximate surface area is 128 Å². The molecule has 0 radical (unpaired) electrons. The fourth-order valence-electron chi connectivity index (χ4n) is 3.02. The molecule has 0 spiro atoms. The van der Waals surface area contributed by atoms with E-state index in [1.807, 2.05) is 18.2 Å². The fourth-order valence-corrected chi connectivity index (χ4v) is 3.02. The van der Waals surface area contributed by atoms with Crippen molar-refractivity contribution < 1.29 is 9.84 Å². The first-order chi connectivity index (χ1) is 10.0. The summed E-state index contributed by atoms with van der Waals surface area (Å²) in [6.07, 6.45) is 2.59. The molecule has 1 aliphatic rings. The third-order valence-electron chi connectivity index (χ3n) is 4.54. The lowest BCUT2D eigenvalue weighted by atomic mass is 9.91. The monoisotopic (exact) mass is 292 g/mol. The van der Waals surface area contributed by atoms with E-state index in [1.165, 1.54) is 5.56 Å². The molecular formula is C17H28N2O2. The molecule has 1 aromatic carbocycles. The molecule has 1 aromatic rings. The first kappa shape index (κ1) is 16.3. The molecule has 1 heterocycles. The van der Waals surface area contributed by atoms with Crippen molar-refractivity contribution in [2.75, 3.05) is 33.8 Å². The average molecular weight is 292 g/mol. The number of nitrogens with zero attached hydrogens (tertiary/aromatic N) is 1. The number of hydrogen-bond acceptors (Lipinski definition) is 4. The summed E-state index contributed by atoms with van der Waals surface area (Å²) in [5, 5.41) is 14.0. The third kappa shape index (κ3) is 4.43. The third-order valence-corrected chi connectivity index (χ3v) is 4.54. The molecule has 2 N–H and O–H groups in total. The molecule has 0 aliphatic carbocycles. The van der Waals surface area contributed by atoms with Crippen LogP contribution in [0.15, 0.2) is 24.3 Å². The van der Waals surface area contributed by atoms with E-state index < -0.39 is 5.60 Å². The number of ether oxygens (including phenoxy) is 1. The van der Waals surface area contributed by atoms with Crippen molar-refractivity contribution in [3.8, 4) is 5.75 Å².